The van der Waals surface area contributed by atoms with Gasteiger partial charge in [0, 0.05) is 19.5 Å². The molecule has 1 N–H and O–H groups in total. The molecular weight excluding hydrogens is 278 g/mol. The molecule has 1 aromatic carbocycles. The van der Waals surface area contributed by atoms with Gasteiger partial charge in [-0.3, -0.25) is 4.79 Å². The van der Waals surface area contributed by atoms with Crippen LogP contribution in [0.25, 0.3) is 0 Å². The van der Waals surface area contributed by atoms with Crippen molar-refractivity contribution in [2.24, 2.45) is 29.6 Å². The Kier molecular flexibility index (Phi) is 3.03. The van der Waals surface area contributed by atoms with E-state index in [0.717, 1.165) is 17.4 Å². The summed E-state index contributed by atoms with van der Waals surface area (Å²) in [5, 5.41) is 8.91. The number of carbonyl (C=O) groups excluding carboxylic acids is 1. The normalized spacial score (nSPS) is 34.3. The van der Waals surface area contributed by atoms with Crippen molar-refractivity contribution in [1.29, 1.82) is 0 Å². The van der Waals surface area contributed by atoms with Gasteiger partial charge in [-0.1, -0.05) is 12.1 Å². The Balaban J connectivity index is 1.39. The van der Waals surface area contributed by atoms with E-state index in [-0.39, 0.29) is 17.4 Å². The molecule has 0 aliphatic heterocycles. The molecule has 22 heavy (non-hydrogen) atoms. The van der Waals surface area contributed by atoms with E-state index in [9.17, 15) is 9.59 Å². The zero-order valence-corrected chi connectivity index (χ0v) is 12.7. The lowest BCUT2D eigenvalue weighted by Gasteiger charge is -2.19. The molecule has 2 bridgehead atoms. The predicted octanol–water partition coefficient (Wildman–Crippen LogP) is 2.64. The number of hydrogen-bond acceptors (Lipinski definition) is 2. The first kappa shape index (κ1) is 13.8. The van der Waals surface area contributed by atoms with Crippen molar-refractivity contribution in [3.8, 4) is 0 Å². The first-order chi connectivity index (χ1) is 10.6. The van der Waals surface area contributed by atoms with Gasteiger partial charge in [-0.2, -0.15) is 0 Å². The smallest absolute Gasteiger partial charge is 0.335 e. The van der Waals surface area contributed by atoms with Gasteiger partial charge in [-0.15, -0.1) is 0 Å². The van der Waals surface area contributed by atoms with Gasteiger partial charge in [0.1, 0.15) is 0 Å². The third-order valence-corrected chi connectivity index (χ3v) is 6.02. The molecule has 1 aromatic rings. The minimum atomic E-state index is -0.919. The number of hydrogen-bond donors (Lipinski definition) is 1. The first-order valence-electron chi connectivity index (χ1n) is 8.13. The van der Waals surface area contributed by atoms with E-state index in [2.05, 4.69) is 0 Å². The molecule has 3 saturated carbocycles. The maximum absolute atomic E-state index is 12.6. The quantitative estimate of drug-likeness (QED) is 0.930. The van der Waals surface area contributed by atoms with Crippen LogP contribution >= 0.6 is 0 Å². The summed E-state index contributed by atoms with van der Waals surface area (Å²) in [6.07, 6.45) is 4.02. The number of rotatable bonds is 4. The van der Waals surface area contributed by atoms with Gasteiger partial charge >= 0.3 is 5.97 Å². The molecule has 3 fully saturated rings. The van der Waals surface area contributed by atoms with Crippen LogP contribution in [-0.4, -0.2) is 28.9 Å². The average Bonchev–Trinajstić information content (AvgIpc) is 2.93. The molecular formula is C18H21NO3. The van der Waals surface area contributed by atoms with Crippen molar-refractivity contribution in [2.45, 2.75) is 25.8 Å². The summed E-state index contributed by atoms with van der Waals surface area (Å²) in [7, 11) is 1.86. The van der Waals surface area contributed by atoms with E-state index in [4.69, 9.17) is 5.11 Å². The van der Waals surface area contributed by atoms with Gasteiger partial charge in [-0.05, 0) is 60.6 Å². The highest BCUT2D eigenvalue weighted by Gasteiger charge is 2.67. The zero-order valence-electron chi connectivity index (χ0n) is 12.7. The van der Waals surface area contributed by atoms with Crippen LogP contribution in [0.15, 0.2) is 24.3 Å². The number of fused-ring (bicyclic) bond motifs is 5. The lowest BCUT2D eigenvalue weighted by atomic mass is 10.0. The molecule has 0 aromatic heterocycles. The minimum absolute atomic E-state index is 0.273. The monoisotopic (exact) mass is 299 g/mol. The topological polar surface area (TPSA) is 57.6 Å². The van der Waals surface area contributed by atoms with Crippen LogP contribution in [0.4, 0.5) is 0 Å². The Morgan fingerprint density at radius 3 is 2.27 bits per heavy atom. The second-order valence-corrected chi connectivity index (χ2v) is 7.21. The van der Waals surface area contributed by atoms with Crippen LogP contribution < -0.4 is 0 Å². The third kappa shape index (κ3) is 2.04. The fraction of sp³-hybridized carbons (Fsp3) is 0.556. The number of amides is 1. The Morgan fingerprint density at radius 2 is 1.73 bits per heavy atom. The van der Waals surface area contributed by atoms with Gasteiger partial charge < -0.3 is 10.0 Å². The molecule has 4 rings (SSSR count). The highest BCUT2D eigenvalue weighted by molar-refractivity contribution is 5.87. The van der Waals surface area contributed by atoms with Gasteiger partial charge in [0.05, 0.1) is 5.56 Å². The third-order valence-electron chi connectivity index (χ3n) is 6.02. The fourth-order valence-corrected chi connectivity index (χ4v) is 5.01. The van der Waals surface area contributed by atoms with Crippen LogP contribution in [0, 0.1) is 29.6 Å². The van der Waals surface area contributed by atoms with Crippen LogP contribution in [0.5, 0.6) is 0 Å². The van der Waals surface area contributed by atoms with E-state index >= 15 is 0 Å². The molecule has 0 heterocycles. The molecule has 4 heteroatoms. The number of carboxylic acids is 1. The molecule has 3 aliphatic carbocycles. The molecule has 4 atom stereocenters. The Hall–Kier alpha value is -1.84. The predicted molar refractivity (Wildman–Crippen MR) is 81.2 cm³/mol. The summed E-state index contributed by atoms with van der Waals surface area (Å²) in [6.45, 7) is 0.560. The molecule has 3 aliphatic rings. The molecule has 0 radical (unpaired) electrons. The molecule has 116 valence electrons. The SMILES string of the molecule is CN(Cc1ccc(C(=O)O)cc1)C(=O)C1C2C3CCC(C3)C12. The van der Waals surface area contributed by atoms with Gasteiger partial charge in [0.25, 0.3) is 0 Å². The van der Waals surface area contributed by atoms with Gasteiger partial charge in [-0.25, -0.2) is 4.79 Å². The second kappa shape index (κ2) is 4.83. The van der Waals surface area contributed by atoms with Crippen molar-refractivity contribution < 1.29 is 14.7 Å². The lowest BCUT2D eigenvalue weighted by molar-refractivity contribution is -0.132. The van der Waals surface area contributed by atoms with Gasteiger partial charge in [0.2, 0.25) is 5.91 Å². The summed E-state index contributed by atoms with van der Waals surface area (Å²) in [6, 6.07) is 6.79. The first-order valence-corrected chi connectivity index (χ1v) is 8.13. The molecule has 1 amide bonds. The number of carbonyl (C=O) groups is 2. The fourth-order valence-electron chi connectivity index (χ4n) is 5.01. The van der Waals surface area contributed by atoms with E-state index in [1.54, 1.807) is 24.3 Å². The van der Waals surface area contributed by atoms with E-state index < -0.39 is 5.97 Å². The maximum Gasteiger partial charge on any atom is 0.335 e. The van der Waals surface area contributed by atoms with Crippen molar-refractivity contribution in [1.82, 2.24) is 4.90 Å². The summed E-state index contributed by atoms with van der Waals surface area (Å²) < 4.78 is 0. The van der Waals surface area contributed by atoms with Crippen LogP contribution in [0.3, 0.4) is 0 Å². The average molecular weight is 299 g/mol. The molecule has 0 saturated heterocycles. The van der Waals surface area contributed by atoms with E-state index in [1.165, 1.54) is 19.3 Å². The lowest BCUT2D eigenvalue weighted by Crippen LogP contribution is -2.29. The minimum Gasteiger partial charge on any atom is -0.478 e. The van der Waals surface area contributed by atoms with E-state index in [0.29, 0.717) is 18.4 Å². The molecule has 4 nitrogen and oxygen atoms in total. The second-order valence-electron chi connectivity index (χ2n) is 7.21. The largest absolute Gasteiger partial charge is 0.478 e. The Labute approximate surface area is 130 Å². The summed E-state index contributed by atoms with van der Waals surface area (Å²) in [5.41, 5.74) is 1.26. The highest BCUT2D eigenvalue weighted by atomic mass is 16.4. The summed E-state index contributed by atoms with van der Waals surface area (Å²) in [4.78, 5) is 25.3. The highest BCUT2D eigenvalue weighted by Crippen LogP contribution is 2.69. The zero-order chi connectivity index (χ0) is 15.4. The number of nitrogens with zero attached hydrogens (tertiary/aromatic N) is 1. The van der Waals surface area contributed by atoms with E-state index in [1.807, 2.05) is 11.9 Å². The van der Waals surface area contributed by atoms with Crippen molar-refractivity contribution >= 4 is 11.9 Å². The van der Waals surface area contributed by atoms with Crippen LogP contribution in [-0.2, 0) is 11.3 Å². The summed E-state index contributed by atoms with van der Waals surface area (Å²) in [5.74, 6) is 2.60. The van der Waals surface area contributed by atoms with Crippen LogP contribution in [0.2, 0.25) is 0 Å². The number of benzene rings is 1. The Bertz CT molecular complexity index is 608. The standard InChI is InChI=1S/C18H21NO3/c1-19(9-10-2-4-11(5-3-10)18(21)22)17(20)16-14-12-6-7-13(8-12)15(14)16/h2-5,12-16H,6-9H2,1H3,(H,21,22). The molecule has 4 unspecified atom stereocenters. The maximum atomic E-state index is 12.6. The molecule has 0 spiro atoms. The van der Waals surface area contributed by atoms with Gasteiger partial charge in [0.15, 0.2) is 0 Å². The van der Waals surface area contributed by atoms with Crippen molar-refractivity contribution in [2.75, 3.05) is 7.05 Å². The number of aromatic carboxylic acids is 1. The summed E-state index contributed by atoms with van der Waals surface area (Å²) >= 11 is 0. The van der Waals surface area contributed by atoms with Crippen LogP contribution in [0.1, 0.15) is 35.2 Å². The number of carboxylic acid groups (broad SMARTS) is 1. The van der Waals surface area contributed by atoms with Crippen molar-refractivity contribution in [3.63, 3.8) is 0 Å². The van der Waals surface area contributed by atoms with Crippen molar-refractivity contribution in [3.05, 3.63) is 35.4 Å². The Morgan fingerprint density at radius 1 is 1.14 bits per heavy atom.